The summed E-state index contributed by atoms with van der Waals surface area (Å²) in [5.41, 5.74) is -0.355. The fraction of sp³-hybridized carbons (Fsp3) is 0.250. The first-order chi connectivity index (χ1) is 6.56. The Hall–Kier alpha value is -0.840. The standard InChI is InChI=1S/C8H4F3IN2/c9-5-3-4(1-2-13)6(12)7(14-5)8(10)11/h3,8H,1H2. The second-order valence-electron chi connectivity index (χ2n) is 2.44. The van der Waals surface area contributed by atoms with Crippen molar-refractivity contribution < 1.29 is 13.2 Å². The number of nitrogens with zero attached hydrogens (tertiary/aromatic N) is 2. The predicted octanol–water partition coefficient (Wildman–Crippen LogP) is 2.83. The van der Waals surface area contributed by atoms with Crippen molar-refractivity contribution in [2.24, 2.45) is 0 Å². The first kappa shape index (κ1) is 11.2. The fourth-order valence-electron chi connectivity index (χ4n) is 0.926. The van der Waals surface area contributed by atoms with Gasteiger partial charge in [-0.2, -0.15) is 9.65 Å². The number of hydrogen-bond donors (Lipinski definition) is 0. The molecule has 0 N–H and O–H groups in total. The topological polar surface area (TPSA) is 36.7 Å². The molecule has 0 spiro atoms. The van der Waals surface area contributed by atoms with Crippen molar-refractivity contribution in [1.82, 2.24) is 4.98 Å². The Morgan fingerprint density at radius 1 is 1.57 bits per heavy atom. The molecule has 0 bridgehead atoms. The molecule has 0 aromatic carbocycles. The lowest BCUT2D eigenvalue weighted by Crippen LogP contribution is -2.02. The van der Waals surface area contributed by atoms with Gasteiger partial charge in [-0.15, -0.1) is 0 Å². The van der Waals surface area contributed by atoms with Gasteiger partial charge >= 0.3 is 0 Å². The Bertz CT molecular complexity index is 387. The highest BCUT2D eigenvalue weighted by Crippen LogP contribution is 2.25. The van der Waals surface area contributed by atoms with Crippen LogP contribution < -0.4 is 0 Å². The minimum atomic E-state index is -2.82. The highest BCUT2D eigenvalue weighted by atomic mass is 127. The van der Waals surface area contributed by atoms with Crippen LogP contribution in [0.15, 0.2) is 6.07 Å². The Labute approximate surface area is 91.9 Å². The zero-order valence-electron chi connectivity index (χ0n) is 6.77. The molecule has 1 rings (SSSR count). The van der Waals surface area contributed by atoms with Gasteiger partial charge in [0.05, 0.1) is 12.5 Å². The van der Waals surface area contributed by atoms with Gasteiger partial charge in [-0.25, -0.2) is 13.8 Å². The van der Waals surface area contributed by atoms with Gasteiger partial charge in [0, 0.05) is 3.57 Å². The van der Waals surface area contributed by atoms with Crippen LogP contribution in [0.2, 0.25) is 0 Å². The van der Waals surface area contributed by atoms with E-state index in [-0.39, 0.29) is 15.6 Å². The summed E-state index contributed by atoms with van der Waals surface area (Å²) < 4.78 is 37.5. The Balaban J connectivity index is 3.26. The van der Waals surface area contributed by atoms with Crippen molar-refractivity contribution in [3.05, 3.63) is 26.8 Å². The molecule has 2 nitrogen and oxygen atoms in total. The van der Waals surface area contributed by atoms with Crippen molar-refractivity contribution in [2.45, 2.75) is 12.8 Å². The van der Waals surface area contributed by atoms with E-state index in [1.54, 1.807) is 28.7 Å². The molecule has 6 heteroatoms. The molecule has 0 unspecified atom stereocenters. The van der Waals surface area contributed by atoms with E-state index in [1.165, 1.54) is 0 Å². The second kappa shape index (κ2) is 4.59. The zero-order valence-corrected chi connectivity index (χ0v) is 8.93. The molecule has 0 aliphatic rings. The van der Waals surface area contributed by atoms with Crippen molar-refractivity contribution in [3.63, 3.8) is 0 Å². The third-order valence-corrected chi connectivity index (χ3v) is 2.75. The summed E-state index contributed by atoms with van der Waals surface area (Å²) in [6.07, 6.45) is -2.92. The summed E-state index contributed by atoms with van der Waals surface area (Å²) in [6, 6.07) is 2.77. The molecule has 0 aliphatic carbocycles. The molecule has 1 aromatic heterocycles. The van der Waals surface area contributed by atoms with Crippen molar-refractivity contribution in [2.75, 3.05) is 0 Å². The minimum absolute atomic E-state index is 0.0998. The van der Waals surface area contributed by atoms with Gasteiger partial charge < -0.3 is 0 Å². The number of halogens is 4. The molecule has 74 valence electrons. The first-order valence-corrected chi connectivity index (χ1v) is 4.64. The van der Waals surface area contributed by atoms with Crippen LogP contribution in [0.1, 0.15) is 17.7 Å². The normalized spacial score (nSPS) is 10.3. The summed E-state index contributed by atoms with van der Waals surface area (Å²) in [5, 5.41) is 8.38. The van der Waals surface area contributed by atoms with Crippen LogP contribution in [0.25, 0.3) is 0 Å². The molecule has 0 aliphatic heterocycles. The van der Waals surface area contributed by atoms with E-state index < -0.39 is 18.1 Å². The monoisotopic (exact) mass is 312 g/mol. The number of pyridine rings is 1. The number of alkyl halides is 2. The molecular weight excluding hydrogens is 308 g/mol. The molecule has 0 amide bonds. The van der Waals surface area contributed by atoms with E-state index in [2.05, 4.69) is 4.98 Å². The third-order valence-electron chi connectivity index (χ3n) is 1.50. The van der Waals surface area contributed by atoms with Gasteiger partial charge in [-0.3, -0.25) is 0 Å². The Morgan fingerprint density at radius 3 is 2.71 bits per heavy atom. The van der Waals surface area contributed by atoms with E-state index in [4.69, 9.17) is 5.26 Å². The van der Waals surface area contributed by atoms with Gasteiger partial charge in [0.15, 0.2) is 0 Å². The highest BCUT2D eigenvalue weighted by Gasteiger charge is 2.17. The van der Waals surface area contributed by atoms with Gasteiger partial charge in [0.25, 0.3) is 6.43 Å². The lowest BCUT2D eigenvalue weighted by molar-refractivity contribution is 0.143. The number of hydrogen-bond acceptors (Lipinski definition) is 2. The Morgan fingerprint density at radius 2 is 2.21 bits per heavy atom. The number of rotatable bonds is 2. The SMILES string of the molecule is N#CCc1cc(F)nc(C(F)F)c1I. The molecule has 1 heterocycles. The Kier molecular flexibility index (Phi) is 3.69. The highest BCUT2D eigenvalue weighted by molar-refractivity contribution is 14.1. The number of aromatic nitrogens is 1. The predicted molar refractivity (Wildman–Crippen MR) is 51.2 cm³/mol. The van der Waals surface area contributed by atoms with Crippen LogP contribution >= 0.6 is 22.6 Å². The third kappa shape index (κ3) is 2.35. The van der Waals surface area contributed by atoms with E-state index >= 15 is 0 Å². The molecule has 0 atom stereocenters. The summed E-state index contributed by atoms with van der Waals surface area (Å²) in [6.45, 7) is 0. The average Bonchev–Trinajstić information content (AvgIpc) is 2.10. The summed E-state index contributed by atoms with van der Waals surface area (Å²) in [5.74, 6) is -0.981. The van der Waals surface area contributed by atoms with Crippen molar-refractivity contribution in [1.29, 1.82) is 5.26 Å². The van der Waals surface area contributed by atoms with Crippen molar-refractivity contribution >= 4 is 22.6 Å². The molecule has 14 heavy (non-hydrogen) atoms. The van der Waals surface area contributed by atoms with E-state index in [0.29, 0.717) is 0 Å². The molecule has 0 saturated heterocycles. The molecule has 0 radical (unpaired) electrons. The van der Waals surface area contributed by atoms with Gasteiger partial charge in [0.2, 0.25) is 5.95 Å². The lowest BCUT2D eigenvalue weighted by Gasteiger charge is -2.06. The van der Waals surface area contributed by atoms with Crippen LogP contribution in [0.5, 0.6) is 0 Å². The van der Waals surface area contributed by atoms with Crippen LogP contribution in [0, 0.1) is 20.8 Å². The first-order valence-electron chi connectivity index (χ1n) is 3.56. The molecular formula is C8H4F3IN2. The second-order valence-corrected chi connectivity index (χ2v) is 3.52. The van der Waals surface area contributed by atoms with Gasteiger partial charge in [-0.05, 0) is 34.2 Å². The minimum Gasteiger partial charge on any atom is -0.218 e. The van der Waals surface area contributed by atoms with Crippen molar-refractivity contribution in [3.8, 4) is 6.07 Å². The quantitative estimate of drug-likeness (QED) is 0.622. The largest absolute Gasteiger partial charge is 0.281 e. The van der Waals surface area contributed by atoms with Gasteiger partial charge in [0.1, 0.15) is 5.69 Å². The number of nitriles is 1. The molecule has 1 aromatic rings. The van der Waals surface area contributed by atoms with Crippen LogP contribution in [-0.4, -0.2) is 4.98 Å². The average molecular weight is 312 g/mol. The van der Waals surface area contributed by atoms with E-state index in [1.807, 2.05) is 0 Å². The zero-order chi connectivity index (χ0) is 10.7. The maximum atomic E-state index is 12.7. The molecule has 0 saturated carbocycles. The summed E-state index contributed by atoms with van der Waals surface area (Å²) >= 11 is 1.64. The fourth-order valence-corrected chi connectivity index (χ4v) is 1.63. The van der Waals surface area contributed by atoms with Crippen LogP contribution in [0.4, 0.5) is 13.2 Å². The maximum absolute atomic E-state index is 12.7. The smallest absolute Gasteiger partial charge is 0.218 e. The lowest BCUT2D eigenvalue weighted by atomic mass is 10.2. The summed E-state index contributed by atoms with van der Waals surface area (Å²) in [4.78, 5) is 3.08. The molecule has 0 fully saturated rings. The van der Waals surface area contributed by atoms with E-state index in [0.717, 1.165) is 6.07 Å². The van der Waals surface area contributed by atoms with Crippen LogP contribution in [-0.2, 0) is 6.42 Å². The van der Waals surface area contributed by atoms with Crippen LogP contribution in [0.3, 0.4) is 0 Å². The van der Waals surface area contributed by atoms with E-state index in [9.17, 15) is 13.2 Å². The summed E-state index contributed by atoms with van der Waals surface area (Å²) in [7, 11) is 0. The maximum Gasteiger partial charge on any atom is 0.281 e. The van der Waals surface area contributed by atoms with Gasteiger partial charge in [-0.1, -0.05) is 0 Å².